The fourth-order valence-electron chi connectivity index (χ4n) is 1.39. The second kappa shape index (κ2) is 7.73. The number of ether oxygens (including phenoxy) is 1. The SMILES string of the molecule is COC(=O)C[C@@H](N=[N+]=[N-])C(=O)NCc1ccccc1. The summed E-state index contributed by atoms with van der Waals surface area (Å²) in [4.78, 5) is 25.4. The number of amides is 1. The molecule has 0 aliphatic rings. The Morgan fingerprint density at radius 3 is 2.68 bits per heavy atom. The third kappa shape index (κ3) is 5.10. The zero-order valence-electron chi connectivity index (χ0n) is 10.4. The first-order valence-corrected chi connectivity index (χ1v) is 5.60. The number of esters is 1. The lowest BCUT2D eigenvalue weighted by Gasteiger charge is -2.10. The molecule has 0 spiro atoms. The Balaban J connectivity index is 2.57. The summed E-state index contributed by atoms with van der Waals surface area (Å²) in [6, 6.07) is 8.17. The highest BCUT2D eigenvalue weighted by molar-refractivity contribution is 5.86. The van der Waals surface area contributed by atoms with Crippen LogP contribution in [0.3, 0.4) is 0 Å². The van der Waals surface area contributed by atoms with Crippen LogP contribution in [0, 0.1) is 0 Å². The Kier molecular flexibility index (Phi) is 5.91. The predicted octanol–water partition coefficient (Wildman–Crippen LogP) is 1.54. The van der Waals surface area contributed by atoms with E-state index in [2.05, 4.69) is 20.1 Å². The van der Waals surface area contributed by atoms with Crippen LogP contribution in [0.2, 0.25) is 0 Å². The first-order chi connectivity index (χ1) is 9.17. The minimum Gasteiger partial charge on any atom is -0.469 e. The zero-order valence-corrected chi connectivity index (χ0v) is 10.4. The van der Waals surface area contributed by atoms with Crippen molar-refractivity contribution in [3.8, 4) is 0 Å². The molecule has 0 aromatic heterocycles. The number of nitrogens with zero attached hydrogens (tertiary/aromatic N) is 3. The number of methoxy groups -OCH3 is 1. The summed E-state index contributed by atoms with van der Waals surface area (Å²) >= 11 is 0. The number of benzene rings is 1. The van der Waals surface area contributed by atoms with E-state index in [-0.39, 0.29) is 6.42 Å². The van der Waals surface area contributed by atoms with E-state index in [4.69, 9.17) is 5.53 Å². The Morgan fingerprint density at radius 2 is 2.11 bits per heavy atom. The van der Waals surface area contributed by atoms with Gasteiger partial charge in [0.25, 0.3) is 0 Å². The van der Waals surface area contributed by atoms with E-state index >= 15 is 0 Å². The Morgan fingerprint density at radius 1 is 1.42 bits per heavy atom. The van der Waals surface area contributed by atoms with Gasteiger partial charge in [-0.1, -0.05) is 35.4 Å². The van der Waals surface area contributed by atoms with Crippen molar-refractivity contribution in [2.75, 3.05) is 7.11 Å². The number of azide groups is 1. The molecule has 0 saturated heterocycles. The molecule has 1 rings (SSSR count). The molecule has 1 aromatic carbocycles. The summed E-state index contributed by atoms with van der Waals surface area (Å²) in [6.07, 6.45) is -0.277. The summed E-state index contributed by atoms with van der Waals surface area (Å²) in [6.45, 7) is 0.304. The molecular formula is C12H14N4O3. The normalized spacial score (nSPS) is 11.0. The van der Waals surface area contributed by atoms with Crippen LogP contribution in [0.25, 0.3) is 10.4 Å². The third-order valence-corrected chi connectivity index (χ3v) is 2.39. The molecule has 100 valence electrons. The smallest absolute Gasteiger partial charge is 0.306 e. The van der Waals surface area contributed by atoms with Gasteiger partial charge in [-0.15, -0.1) is 0 Å². The molecule has 19 heavy (non-hydrogen) atoms. The first kappa shape index (κ1) is 14.5. The van der Waals surface area contributed by atoms with Gasteiger partial charge in [-0.2, -0.15) is 0 Å². The third-order valence-electron chi connectivity index (χ3n) is 2.39. The molecule has 0 fully saturated rings. The largest absolute Gasteiger partial charge is 0.469 e. The molecule has 7 heteroatoms. The molecule has 0 aliphatic heterocycles. The summed E-state index contributed by atoms with van der Waals surface area (Å²) in [5.41, 5.74) is 9.29. The van der Waals surface area contributed by atoms with Crippen molar-refractivity contribution in [3.05, 3.63) is 46.3 Å². The molecule has 7 nitrogen and oxygen atoms in total. The van der Waals surface area contributed by atoms with Gasteiger partial charge in [0.05, 0.1) is 13.5 Å². The number of hydrogen-bond acceptors (Lipinski definition) is 4. The molecule has 1 amide bonds. The number of hydrogen-bond donors (Lipinski definition) is 1. The van der Waals surface area contributed by atoms with E-state index in [9.17, 15) is 9.59 Å². The van der Waals surface area contributed by atoms with Gasteiger partial charge in [0.15, 0.2) is 0 Å². The molecule has 0 aliphatic carbocycles. The highest BCUT2D eigenvalue weighted by atomic mass is 16.5. The van der Waals surface area contributed by atoms with Crippen molar-refractivity contribution in [2.24, 2.45) is 5.11 Å². The topological polar surface area (TPSA) is 104 Å². The Hall–Kier alpha value is -2.53. The highest BCUT2D eigenvalue weighted by Crippen LogP contribution is 2.03. The van der Waals surface area contributed by atoms with Crippen molar-refractivity contribution in [1.82, 2.24) is 5.32 Å². The van der Waals surface area contributed by atoms with Gasteiger partial charge in [-0.05, 0) is 11.1 Å². The minimum atomic E-state index is -1.10. The minimum absolute atomic E-state index is 0.277. The van der Waals surface area contributed by atoms with Crippen LogP contribution in [-0.2, 0) is 20.9 Å². The average Bonchev–Trinajstić information content (AvgIpc) is 2.45. The van der Waals surface area contributed by atoms with Gasteiger partial charge in [-0.25, -0.2) is 0 Å². The standard InChI is InChI=1S/C12H14N4O3/c1-19-11(17)7-10(15-16-13)12(18)14-8-9-5-3-2-4-6-9/h2-6,10H,7-8H2,1H3,(H,14,18)/t10-/m1/s1. The van der Waals surface area contributed by atoms with Crippen molar-refractivity contribution in [3.63, 3.8) is 0 Å². The monoisotopic (exact) mass is 262 g/mol. The van der Waals surface area contributed by atoms with Crippen molar-refractivity contribution < 1.29 is 14.3 Å². The maximum Gasteiger partial charge on any atom is 0.306 e. The molecule has 0 radical (unpaired) electrons. The lowest BCUT2D eigenvalue weighted by atomic mass is 10.2. The van der Waals surface area contributed by atoms with Crippen LogP contribution < -0.4 is 5.32 Å². The maximum atomic E-state index is 11.8. The van der Waals surface area contributed by atoms with E-state index in [1.807, 2.05) is 30.3 Å². The van der Waals surface area contributed by atoms with E-state index in [0.29, 0.717) is 6.54 Å². The molecule has 0 unspecified atom stereocenters. The van der Waals surface area contributed by atoms with Crippen LogP contribution in [0.4, 0.5) is 0 Å². The number of carbonyl (C=O) groups excluding carboxylic acids is 2. The van der Waals surface area contributed by atoms with Gasteiger partial charge in [0, 0.05) is 11.5 Å². The summed E-state index contributed by atoms with van der Waals surface area (Å²) in [7, 11) is 1.21. The van der Waals surface area contributed by atoms with Gasteiger partial charge in [0.1, 0.15) is 6.04 Å². The molecular weight excluding hydrogens is 248 g/mol. The van der Waals surface area contributed by atoms with E-state index in [0.717, 1.165) is 5.56 Å². The molecule has 0 bridgehead atoms. The number of nitrogens with one attached hydrogen (secondary N) is 1. The van der Waals surface area contributed by atoms with Gasteiger partial charge >= 0.3 is 5.97 Å². The Labute approximate surface area is 110 Å². The summed E-state index contributed by atoms with van der Waals surface area (Å²) in [5, 5.41) is 5.89. The van der Waals surface area contributed by atoms with Crippen molar-refractivity contribution in [1.29, 1.82) is 0 Å². The van der Waals surface area contributed by atoms with E-state index in [1.54, 1.807) is 0 Å². The fraction of sp³-hybridized carbons (Fsp3) is 0.333. The van der Waals surface area contributed by atoms with Gasteiger partial charge in [0.2, 0.25) is 5.91 Å². The predicted molar refractivity (Wildman–Crippen MR) is 67.9 cm³/mol. The second-order valence-electron chi connectivity index (χ2n) is 3.70. The maximum absolute atomic E-state index is 11.8. The molecule has 0 saturated carbocycles. The van der Waals surface area contributed by atoms with Crippen molar-refractivity contribution >= 4 is 11.9 Å². The van der Waals surface area contributed by atoms with E-state index < -0.39 is 17.9 Å². The van der Waals surface area contributed by atoms with Gasteiger partial charge < -0.3 is 10.1 Å². The van der Waals surface area contributed by atoms with Gasteiger partial charge in [-0.3, -0.25) is 9.59 Å². The van der Waals surface area contributed by atoms with Crippen LogP contribution in [0.1, 0.15) is 12.0 Å². The van der Waals surface area contributed by atoms with Crippen LogP contribution in [0.5, 0.6) is 0 Å². The summed E-state index contributed by atoms with van der Waals surface area (Å²) in [5.74, 6) is -1.11. The molecule has 1 atom stereocenters. The van der Waals surface area contributed by atoms with Crippen molar-refractivity contribution in [2.45, 2.75) is 19.0 Å². The summed E-state index contributed by atoms with van der Waals surface area (Å²) < 4.78 is 4.44. The molecule has 0 heterocycles. The van der Waals surface area contributed by atoms with Crippen LogP contribution in [0.15, 0.2) is 35.4 Å². The lowest BCUT2D eigenvalue weighted by molar-refractivity contribution is -0.142. The first-order valence-electron chi connectivity index (χ1n) is 5.60. The second-order valence-corrected chi connectivity index (χ2v) is 3.70. The molecule has 1 N–H and O–H groups in total. The number of carbonyl (C=O) groups is 2. The zero-order chi connectivity index (χ0) is 14.1. The molecule has 1 aromatic rings. The van der Waals surface area contributed by atoms with E-state index in [1.165, 1.54) is 7.11 Å². The fourth-order valence-corrected chi connectivity index (χ4v) is 1.39. The quantitative estimate of drug-likeness (QED) is 0.364. The highest BCUT2D eigenvalue weighted by Gasteiger charge is 2.20. The van der Waals surface area contributed by atoms with Crippen LogP contribution >= 0.6 is 0 Å². The van der Waals surface area contributed by atoms with Crippen LogP contribution in [-0.4, -0.2) is 25.0 Å². The lowest BCUT2D eigenvalue weighted by Crippen LogP contribution is -2.34. The Bertz CT molecular complexity index is 483. The average molecular weight is 262 g/mol. The number of rotatable bonds is 6.